The van der Waals surface area contributed by atoms with Crippen LogP contribution in [0.15, 0.2) is 85.5 Å². The number of hydrogen-bond donors (Lipinski definition) is 0. The van der Waals surface area contributed by atoms with Crippen LogP contribution in [0.1, 0.15) is 67.1 Å². The van der Waals surface area contributed by atoms with Crippen molar-refractivity contribution in [2.45, 2.75) is 25.7 Å². The van der Waals surface area contributed by atoms with Crippen LogP contribution in [0.2, 0.25) is 0 Å². The van der Waals surface area contributed by atoms with E-state index >= 15 is 0 Å². The van der Waals surface area contributed by atoms with E-state index in [1.165, 1.54) is 9.80 Å². The number of benzene rings is 5. The minimum Gasteiger partial charge on any atom is -0.371 e. The molecule has 52 heavy (non-hydrogen) atoms. The summed E-state index contributed by atoms with van der Waals surface area (Å²) < 4.78 is 0. The SMILES string of the molecule is O=C1c2ccc3c4c(N5CCCC5)cc5c6c(ccc(c7c(N8CCCC8)cc(c2c37)C(=O)N1c1ccncc1)c64)C(=O)N(c1ccncc1)C5=O. The summed E-state index contributed by atoms with van der Waals surface area (Å²) in [7, 11) is 0. The average molecular weight is 683 g/mol. The van der Waals surface area contributed by atoms with Crippen LogP contribution >= 0.6 is 0 Å². The van der Waals surface area contributed by atoms with Crippen molar-refractivity contribution in [3.8, 4) is 0 Å². The fourth-order valence-electron chi connectivity index (χ4n) is 9.29. The number of pyridine rings is 2. The quantitative estimate of drug-likeness (QED) is 0.108. The predicted molar refractivity (Wildman–Crippen MR) is 201 cm³/mol. The second-order valence-corrected chi connectivity index (χ2v) is 14.1. The third kappa shape index (κ3) is 3.73. The van der Waals surface area contributed by atoms with Gasteiger partial charge in [0.25, 0.3) is 23.6 Å². The maximum atomic E-state index is 14.6. The molecule has 4 aliphatic heterocycles. The zero-order valence-corrected chi connectivity index (χ0v) is 28.1. The molecule has 10 nitrogen and oxygen atoms in total. The van der Waals surface area contributed by atoms with Gasteiger partial charge >= 0.3 is 0 Å². The van der Waals surface area contributed by atoms with E-state index in [0.717, 1.165) is 95.6 Å². The maximum Gasteiger partial charge on any atom is 0.266 e. The second kappa shape index (κ2) is 10.6. The highest BCUT2D eigenvalue weighted by molar-refractivity contribution is 6.47. The Hall–Kier alpha value is -6.42. The fraction of sp³-hybridized carbons (Fsp3) is 0.190. The normalized spacial score (nSPS) is 17.4. The Morgan fingerprint density at radius 1 is 0.404 bits per heavy atom. The second-order valence-electron chi connectivity index (χ2n) is 14.1. The van der Waals surface area contributed by atoms with Crippen molar-refractivity contribution >= 4 is 89.5 Å². The van der Waals surface area contributed by atoms with Crippen LogP contribution in [-0.2, 0) is 0 Å². The molecule has 252 valence electrons. The van der Waals surface area contributed by atoms with Crippen molar-refractivity contribution in [3.63, 3.8) is 0 Å². The van der Waals surface area contributed by atoms with Crippen LogP contribution < -0.4 is 19.6 Å². The van der Waals surface area contributed by atoms with Gasteiger partial charge in [-0.05, 0) is 85.0 Å². The molecular weight excluding hydrogens is 653 g/mol. The standard InChI is InChI=1S/C42H30N6O4/c49-39-27-8-6-26-36-32(46-19-3-4-20-46)22-30-34-28(40(50)48(42(30)52)24-11-15-44-16-12-24)7-5-25(38(34)36)35-31(45-17-1-2-18-45)21-29(33(27)37(26)35)41(51)47(39)23-9-13-43-14-10-23/h5-16,21-22H,1-4,17-20H2. The molecule has 2 saturated heterocycles. The molecule has 0 radical (unpaired) electrons. The van der Waals surface area contributed by atoms with Crippen LogP contribution in [0.4, 0.5) is 22.7 Å². The first-order valence-electron chi connectivity index (χ1n) is 17.9. The van der Waals surface area contributed by atoms with Gasteiger partial charge in [-0.1, -0.05) is 12.1 Å². The molecule has 10 heteroatoms. The molecule has 0 atom stereocenters. The molecule has 0 aliphatic carbocycles. The Kier molecular flexibility index (Phi) is 5.95. The number of hydrogen-bond acceptors (Lipinski definition) is 8. The molecule has 6 heterocycles. The summed E-state index contributed by atoms with van der Waals surface area (Å²) in [5.41, 5.74) is 4.72. The number of rotatable bonds is 4. The minimum atomic E-state index is -0.377. The smallest absolute Gasteiger partial charge is 0.266 e. The topological polar surface area (TPSA) is 107 Å². The molecule has 0 unspecified atom stereocenters. The van der Waals surface area contributed by atoms with Gasteiger partial charge in [0.2, 0.25) is 0 Å². The summed E-state index contributed by atoms with van der Waals surface area (Å²) >= 11 is 0. The van der Waals surface area contributed by atoms with Gasteiger partial charge in [0.05, 0.1) is 22.5 Å². The van der Waals surface area contributed by atoms with E-state index in [-0.39, 0.29) is 23.6 Å². The van der Waals surface area contributed by atoms with Gasteiger partial charge in [0.1, 0.15) is 0 Å². The lowest BCUT2D eigenvalue weighted by Crippen LogP contribution is -2.41. The first-order valence-corrected chi connectivity index (χ1v) is 17.9. The lowest BCUT2D eigenvalue weighted by atomic mass is 9.80. The van der Waals surface area contributed by atoms with E-state index in [9.17, 15) is 19.2 Å². The van der Waals surface area contributed by atoms with Crippen molar-refractivity contribution in [2.24, 2.45) is 0 Å². The van der Waals surface area contributed by atoms with E-state index < -0.39 is 0 Å². The van der Waals surface area contributed by atoms with Crippen LogP contribution in [-0.4, -0.2) is 59.8 Å². The zero-order chi connectivity index (χ0) is 34.8. The summed E-state index contributed by atoms with van der Waals surface area (Å²) in [6.45, 7) is 3.33. The number of carbonyl (C=O) groups is 4. The monoisotopic (exact) mass is 682 g/mol. The summed E-state index contributed by atoms with van der Waals surface area (Å²) in [5.74, 6) is -1.48. The molecule has 4 aliphatic rings. The summed E-state index contributed by atoms with van der Waals surface area (Å²) in [4.78, 5) is 73.2. The van der Waals surface area contributed by atoms with Gasteiger partial charge in [-0.3, -0.25) is 29.1 Å². The first-order chi connectivity index (χ1) is 25.5. The van der Waals surface area contributed by atoms with E-state index in [1.54, 1.807) is 49.1 Å². The average Bonchev–Trinajstić information content (AvgIpc) is 3.92. The van der Waals surface area contributed by atoms with Crippen LogP contribution in [0.5, 0.6) is 0 Å². The third-order valence-electron chi connectivity index (χ3n) is 11.5. The maximum absolute atomic E-state index is 14.6. The van der Waals surface area contributed by atoms with Crippen LogP contribution in [0.3, 0.4) is 0 Å². The number of aromatic nitrogens is 2. The van der Waals surface area contributed by atoms with Crippen molar-refractivity contribution in [1.82, 2.24) is 9.97 Å². The Bertz CT molecular complexity index is 2550. The van der Waals surface area contributed by atoms with Crippen molar-refractivity contribution in [1.29, 1.82) is 0 Å². The Morgan fingerprint density at radius 3 is 1.15 bits per heavy atom. The van der Waals surface area contributed by atoms with E-state index in [1.807, 2.05) is 36.4 Å². The zero-order valence-electron chi connectivity index (χ0n) is 28.1. The highest BCUT2D eigenvalue weighted by Gasteiger charge is 2.40. The molecule has 5 aromatic carbocycles. The molecule has 4 amide bonds. The number of amides is 4. The fourth-order valence-corrected chi connectivity index (χ4v) is 9.29. The van der Waals surface area contributed by atoms with Crippen molar-refractivity contribution in [2.75, 3.05) is 45.8 Å². The lowest BCUT2D eigenvalue weighted by molar-refractivity contribution is 0.0877. The molecule has 11 rings (SSSR count). The molecule has 2 aromatic heterocycles. The van der Waals surface area contributed by atoms with Gasteiger partial charge < -0.3 is 9.80 Å². The lowest BCUT2D eigenvalue weighted by Gasteiger charge is -2.33. The number of fused-ring (bicyclic) bond motifs is 2. The van der Waals surface area contributed by atoms with Gasteiger partial charge in [-0.2, -0.15) is 0 Å². The highest BCUT2D eigenvalue weighted by atomic mass is 16.2. The summed E-state index contributed by atoms with van der Waals surface area (Å²) in [6.07, 6.45) is 10.4. The van der Waals surface area contributed by atoms with Gasteiger partial charge in [0.15, 0.2) is 0 Å². The molecule has 0 bridgehead atoms. The Morgan fingerprint density at radius 2 is 0.769 bits per heavy atom. The van der Waals surface area contributed by atoms with E-state index in [2.05, 4.69) is 19.8 Å². The molecule has 0 saturated carbocycles. The molecular formula is C42H30N6O4. The molecule has 7 aromatic rings. The first kappa shape index (κ1) is 29.3. The van der Waals surface area contributed by atoms with Crippen LogP contribution in [0, 0.1) is 0 Å². The van der Waals surface area contributed by atoms with Gasteiger partial charge in [-0.25, -0.2) is 9.80 Å². The number of nitrogens with zero attached hydrogens (tertiary/aromatic N) is 6. The Labute approximate surface area is 297 Å². The van der Waals surface area contributed by atoms with E-state index in [4.69, 9.17) is 0 Å². The number of imide groups is 2. The number of carbonyl (C=O) groups excluding carboxylic acids is 4. The van der Waals surface area contributed by atoms with Gasteiger partial charge in [-0.15, -0.1) is 0 Å². The highest BCUT2D eigenvalue weighted by Crippen LogP contribution is 2.52. The Balaban J connectivity index is 1.30. The molecule has 0 N–H and O–H groups in total. The molecule has 0 spiro atoms. The third-order valence-corrected chi connectivity index (χ3v) is 11.5. The van der Waals surface area contributed by atoms with Crippen molar-refractivity contribution in [3.05, 3.63) is 108 Å². The summed E-state index contributed by atoms with van der Waals surface area (Å²) in [6, 6.07) is 18.4. The van der Waals surface area contributed by atoms with Crippen molar-refractivity contribution < 1.29 is 19.2 Å². The minimum absolute atomic E-state index is 0.365. The summed E-state index contributed by atoms with van der Waals surface area (Å²) in [5, 5.41) is 6.74. The number of anilines is 4. The van der Waals surface area contributed by atoms with Gasteiger partial charge in [0, 0.05) is 106 Å². The predicted octanol–water partition coefficient (Wildman–Crippen LogP) is 7.33. The van der Waals surface area contributed by atoms with Crippen LogP contribution in [0.25, 0.3) is 43.1 Å². The largest absolute Gasteiger partial charge is 0.371 e. The molecule has 2 fully saturated rings. The van der Waals surface area contributed by atoms with E-state index in [0.29, 0.717) is 44.4 Å².